The topological polar surface area (TPSA) is 39.2 Å². The van der Waals surface area contributed by atoms with Crippen LogP contribution in [0.3, 0.4) is 0 Å². The van der Waals surface area contributed by atoms with E-state index in [1.807, 2.05) is 6.07 Å². The Morgan fingerprint density at radius 3 is 2.76 bits per heavy atom. The third kappa shape index (κ3) is 1.88. The molecule has 0 bridgehead atoms. The molecule has 3 heteroatoms. The highest BCUT2D eigenvalue weighted by molar-refractivity contribution is 6.29. The molecule has 3 rings (SSSR count). The molecule has 1 atom stereocenters. The molecule has 1 unspecified atom stereocenters. The van der Waals surface area contributed by atoms with Crippen LogP contribution in [0.5, 0.6) is 0 Å². The Bertz CT molecular complexity index is 547. The van der Waals surface area contributed by atoms with Gasteiger partial charge in [-0.1, -0.05) is 18.2 Å². The summed E-state index contributed by atoms with van der Waals surface area (Å²) in [7, 11) is 0. The third-order valence-corrected chi connectivity index (χ3v) is 3.77. The second-order valence-electron chi connectivity index (χ2n) is 4.51. The average Bonchev–Trinajstić information content (AvgIpc) is 2.95. The average molecular weight is 248 g/mol. The number of nitrogens with two attached hydrogens (primary N) is 1. The van der Waals surface area contributed by atoms with Crippen molar-refractivity contribution in [2.75, 3.05) is 0 Å². The van der Waals surface area contributed by atoms with Crippen LogP contribution in [0.25, 0.3) is 0 Å². The Kier molecular flexibility index (Phi) is 2.69. The van der Waals surface area contributed by atoms with Crippen molar-refractivity contribution >= 4 is 11.6 Å². The first-order valence-corrected chi connectivity index (χ1v) is 6.23. The molecular weight excluding hydrogens is 234 g/mol. The number of rotatable bonds is 2. The molecule has 0 saturated carbocycles. The molecule has 2 nitrogen and oxygen atoms in total. The van der Waals surface area contributed by atoms with Gasteiger partial charge in [0.2, 0.25) is 0 Å². The summed E-state index contributed by atoms with van der Waals surface area (Å²) in [6, 6.07) is 8.12. The van der Waals surface area contributed by atoms with Crippen LogP contribution < -0.4 is 5.73 Å². The van der Waals surface area contributed by atoms with Crippen LogP contribution in [-0.2, 0) is 12.8 Å². The standard InChI is InChI=1S/C14H14ClNO/c15-14-12(6-7-17-14)13(16)11-5-4-9-2-1-3-10(9)8-11/h4-8,13H,1-3,16H2. The summed E-state index contributed by atoms with van der Waals surface area (Å²) in [6.07, 6.45) is 5.18. The molecule has 0 amide bonds. The van der Waals surface area contributed by atoms with Gasteiger partial charge in [0, 0.05) is 5.56 Å². The lowest BCUT2D eigenvalue weighted by atomic mass is 9.98. The van der Waals surface area contributed by atoms with Crippen LogP contribution in [0.2, 0.25) is 5.22 Å². The molecule has 1 aliphatic carbocycles. The van der Waals surface area contributed by atoms with Gasteiger partial charge >= 0.3 is 0 Å². The highest BCUT2D eigenvalue weighted by atomic mass is 35.5. The van der Waals surface area contributed by atoms with E-state index in [1.54, 1.807) is 6.26 Å². The number of hydrogen-bond donors (Lipinski definition) is 1. The zero-order chi connectivity index (χ0) is 11.8. The van der Waals surface area contributed by atoms with Gasteiger partial charge in [-0.25, -0.2) is 0 Å². The summed E-state index contributed by atoms with van der Waals surface area (Å²) in [4.78, 5) is 0. The Morgan fingerprint density at radius 2 is 2.00 bits per heavy atom. The largest absolute Gasteiger partial charge is 0.453 e. The molecule has 88 valence electrons. The summed E-state index contributed by atoms with van der Waals surface area (Å²) in [5.74, 6) is 0. The van der Waals surface area contributed by atoms with Gasteiger partial charge in [-0.15, -0.1) is 0 Å². The molecule has 1 aromatic carbocycles. The SMILES string of the molecule is NC(c1ccc2c(c1)CCC2)c1ccoc1Cl. The maximum Gasteiger partial charge on any atom is 0.198 e. The lowest BCUT2D eigenvalue weighted by Crippen LogP contribution is -2.11. The van der Waals surface area contributed by atoms with Gasteiger partial charge in [0.05, 0.1) is 12.3 Å². The molecule has 1 aromatic heterocycles. The van der Waals surface area contributed by atoms with Gasteiger partial charge in [0.15, 0.2) is 5.22 Å². The number of halogens is 1. The first-order chi connectivity index (χ1) is 8.25. The van der Waals surface area contributed by atoms with Gasteiger partial charge < -0.3 is 10.2 Å². The molecule has 2 N–H and O–H groups in total. The molecule has 0 radical (unpaired) electrons. The van der Waals surface area contributed by atoms with E-state index in [0.29, 0.717) is 5.22 Å². The van der Waals surface area contributed by atoms with E-state index in [4.69, 9.17) is 21.8 Å². The quantitative estimate of drug-likeness (QED) is 0.883. The maximum atomic E-state index is 6.21. The molecule has 0 fully saturated rings. The van der Waals surface area contributed by atoms with E-state index in [0.717, 1.165) is 17.5 Å². The minimum Gasteiger partial charge on any atom is -0.453 e. The Hall–Kier alpha value is -1.25. The van der Waals surface area contributed by atoms with Gasteiger partial charge in [-0.2, -0.15) is 0 Å². The van der Waals surface area contributed by atoms with Gasteiger partial charge in [-0.3, -0.25) is 0 Å². The fraction of sp³-hybridized carbons (Fsp3) is 0.286. The Morgan fingerprint density at radius 1 is 1.18 bits per heavy atom. The van der Waals surface area contributed by atoms with Crippen LogP contribution >= 0.6 is 11.6 Å². The molecule has 17 heavy (non-hydrogen) atoms. The van der Waals surface area contributed by atoms with Crippen molar-refractivity contribution in [2.24, 2.45) is 5.73 Å². The summed E-state index contributed by atoms with van der Waals surface area (Å²) in [5.41, 5.74) is 11.1. The zero-order valence-electron chi connectivity index (χ0n) is 9.45. The monoisotopic (exact) mass is 247 g/mol. The fourth-order valence-corrected chi connectivity index (χ4v) is 2.72. The minimum atomic E-state index is -0.202. The van der Waals surface area contributed by atoms with Crippen molar-refractivity contribution in [3.63, 3.8) is 0 Å². The van der Waals surface area contributed by atoms with Gasteiger partial charge in [0.1, 0.15) is 0 Å². The molecule has 0 aliphatic heterocycles. The molecular formula is C14H14ClNO. The Labute approximate surface area is 105 Å². The second kappa shape index (κ2) is 4.21. The third-order valence-electron chi connectivity index (χ3n) is 3.46. The number of hydrogen-bond acceptors (Lipinski definition) is 2. The minimum absolute atomic E-state index is 0.202. The van der Waals surface area contributed by atoms with Crippen molar-refractivity contribution < 1.29 is 4.42 Å². The van der Waals surface area contributed by atoms with E-state index in [1.165, 1.54) is 24.0 Å². The van der Waals surface area contributed by atoms with Gasteiger partial charge in [0.25, 0.3) is 0 Å². The van der Waals surface area contributed by atoms with E-state index in [2.05, 4.69) is 18.2 Å². The van der Waals surface area contributed by atoms with Crippen molar-refractivity contribution in [2.45, 2.75) is 25.3 Å². The molecule has 1 heterocycles. The first-order valence-electron chi connectivity index (χ1n) is 5.86. The maximum absolute atomic E-state index is 6.21. The number of furan rings is 1. The van der Waals surface area contributed by atoms with Crippen LogP contribution in [0, 0.1) is 0 Å². The first kappa shape index (κ1) is 10.9. The van der Waals surface area contributed by atoms with E-state index < -0.39 is 0 Å². The van der Waals surface area contributed by atoms with E-state index in [-0.39, 0.29) is 6.04 Å². The predicted molar refractivity (Wildman–Crippen MR) is 68.2 cm³/mol. The summed E-state index contributed by atoms with van der Waals surface area (Å²) in [5, 5.41) is 0.387. The summed E-state index contributed by atoms with van der Waals surface area (Å²) < 4.78 is 5.09. The smallest absolute Gasteiger partial charge is 0.198 e. The van der Waals surface area contributed by atoms with Crippen LogP contribution in [0.15, 0.2) is 34.9 Å². The van der Waals surface area contributed by atoms with Crippen molar-refractivity contribution in [1.82, 2.24) is 0 Å². The molecule has 1 aliphatic rings. The van der Waals surface area contributed by atoms with Crippen molar-refractivity contribution in [3.8, 4) is 0 Å². The molecule has 0 spiro atoms. The van der Waals surface area contributed by atoms with E-state index >= 15 is 0 Å². The fourth-order valence-electron chi connectivity index (χ4n) is 2.49. The highest BCUT2D eigenvalue weighted by Gasteiger charge is 2.17. The number of fused-ring (bicyclic) bond motifs is 1. The normalized spacial score (nSPS) is 15.9. The van der Waals surface area contributed by atoms with Crippen LogP contribution in [-0.4, -0.2) is 0 Å². The number of benzene rings is 1. The van der Waals surface area contributed by atoms with E-state index in [9.17, 15) is 0 Å². The van der Waals surface area contributed by atoms with Crippen LogP contribution in [0.1, 0.15) is 34.7 Å². The summed E-state index contributed by atoms with van der Waals surface area (Å²) in [6.45, 7) is 0. The molecule has 2 aromatic rings. The van der Waals surface area contributed by atoms with Gasteiger partial charge in [-0.05, 0) is 53.6 Å². The number of aryl methyl sites for hydroxylation is 2. The lowest BCUT2D eigenvalue weighted by Gasteiger charge is -2.12. The van der Waals surface area contributed by atoms with Crippen molar-refractivity contribution in [1.29, 1.82) is 0 Å². The predicted octanol–water partition coefficient (Wildman–Crippen LogP) is 3.47. The highest BCUT2D eigenvalue weighted by Crippen LogP contribution is 2.30. The Balaban J connectivity index is 1.97. The second-order valence-corrected chi connectivity index (χ2v) is 4.85. The molecule has 0 saturated heterocycles. The lowest BCUT2D eigenvalue weighted by molar-refractivity contribution is 0.564. The summed E-state index contributed by atoms with van der Waals surface area (Å²) >= 11 is 5.96. The zero-order valence-corrected chi connectivity index (χ0v) is 10.2. The van der Waals surface area contributed by atoms with Crippen LogP contribution in [0.4, 0.5) is 0 Å². The van der Waals surface area contributed by atoms with Crippen molar-refractivity contribution in [3.05, 3.63) is 58.0 Å².